The fourth-order valence-corrected chi connectivity index (χ4v) is 11.9. The van der Waals surface area contributed by atoms with Gasteiger partial charge in [-0.1, -0.05) is 164 Å². The van der Waals surface area contributed by atoms with Gasteiger partial charge in [0.2, 0.25) is 0 Å². The van der Waals surface area contributed by atoms with Crippen molar-refractivity contribution in [3.63, 3.8) is 0 Å². The molecule has 14 aromatic rings. The third-order valence-electron chi connectivity index (χ3n) is 15.7. The molecule has 0 radical (unpaired) electrons. The van der Waals surface area contributed by atoms with Gasteiger partial charge in [0.05, 0.1) is 25.2 Å². The molecule has 3 heterocycles. The summed E-state index contributed by atoms with van der Waals surface area (Å²) in [5, 5.41) is 4.86. The van der Waals surface area contributed by atoms with Crippen LogP contribution in [-0.2, 0) is 21.1 Å². The summed E-state index contributed by atoms with van der Waals surface area (Å²) in [6.45, 7) is 0. The van der Waals surface area contributed by atoms with Crippen molar-refractivity contribution in [2.24, 2.45) is 21.1 Å². The zero-order chi connectivity index (χ0) is 51.6. The van der Waals surface area contributed by atoms with Gasteiger partial charge in [-0.3, -0.25) is 0 Å². The van der Waals surface area contributed by atoms with E-state index in [1.807, 2.05) is 0 Å². The fraction of sp³-hybridized carbons (Fsp3) is 0.0417. The number of aromatic nitrogens is 5. The summed E-state index contributed by atoms with van der Waals surface area (Å²) in [5.41, 5.74) is 21.2. The lowest BCUT2D eigenvalue weighted by Crippen LogP contribution is -2.30. The molecule has 0 aliphatic carbocycles. The largest absolute Gasteiger partial charge is 0.294 e. The third-order valence-corrected chi connectivity index (χ3v) is 15.7. The van der Waals surface area contributed by atoms with Crippen LogP contribution >= 0.6 is 0 Å². The second kappa shape index (κ2) is 18.8. The topological polar surface area (TPSA) is 21.5 Å². The summed E-state index contributed by atoms with van der Waals surface area (Å²) < 4.78 is 11.4. The van der Waals surface area contributed by atoms with E-state index in [1.165, 1.54) is 93.7 Å². The van der Waals surface area contributed by atoms with Crippen molar-refractivity contribution in [3.8, 4) is 89.8 Å². The highest BCUT2D eigenvalue weighted by Crippen LogP contribution is 2.46. The number of para-hydroxylation sites is 6. The van der Waals surface area contributed by atoms with Crippen molar-refractivity contribution in [1.29, 1.82) is 0 Å². The molecule has 0 fully saturated rings. The Labute approximate surface area is 448 Å². The van der Waals surface area contributed by atoms with Gasteiger partial charge in [0.15, 0.2) is 34.5 Å². The number of aryl methyl sites for hydroxylation is 3. The lowest BCUT2D eigenvalue weighted by molar-refractivity contribution is -0.671. The minimum absolute atomic E-state index is 1.13. The first kappa shape index (κ1) is 45.6. The first-order valence-corrected chi connectivity index (χ1v) is 26.4. The average molecular weight is 989 g/mol. The van der Waals surface area contributed by atoms with Gasteiger partial charge in [-0.25, -0.2) is 13.7 Å². The maximum absolute atomic E-state index is 2.43. The van der Waals surface area contributed by atoms with Gasteiger partial charge in [0.1, 0.15) is 18.4 Å². The first-order chi connectivity index (χ1) is 37.9. The first-order valence-electron chi connectivity index (χ1n) is 26.4. The number of fused-ring (bicyclic) bond motifs is 4. The van der Waals surface area contributed by atoms with Crippen LogP contribution in [0.3, 0.4) is 0 Å². The number of nitrogens with zero attached hydrogens (tertiary/aromatic N) is 5. The zero-order valence-electron chi connectivity index (χ0n) is 43.2. The molecule has 0 unspecified atom stereocenters. The van der Waals surface area contributed by atoms with Gasteiger partial charge in [-0.05, 0) is 162 Å². The van der Waals surface area contributed by atoms with Gasteiger partial charge in [-0.15, -0.1) is 0 Å². The molecular formula is C72H54N5+3. The predicted molar refractivity (Wildman–Crippen MR) is 317 cm³/mol. The van der Waals surface area contributed by atoms with E-state index in [-0.39, 0.29) is 0 Å². The molecule has 0 aliphatic rings. The van der Waals surface area contributed by atoms with Crippen LogP contribution in [0.5, 0.6) is 0 Å². The summed E-state index contributed by atoms with van der Waals surface area (Å²) in [6.07, 6.45) is 4.22. The molecule has 5 nitrogen and oxygen atoms in total. The highest BCUT2D eigenvalue weighted by Gasteiger charge is 2.28. The van der Waals surface area contributed by atoms with E-state index < -0.39 is 0 Å². The van der Waals surface area contributed by atoms with Crippen LogP contribution in [-0.4, -0.2) is 9.13 Å². The van der Waals surface area contributed by atoms with Crippen LogP contribution in [0.2, 0.25) is 0 Å². The lowest BCUT2D eigenvalue weighted by Gasteiger charge is -2.20. The number of rotatable bonds is 9. The molecular weight excluding hydrogens is 935 g/mol. The quantitative estimate of drug-likeness (QED) is 0.102. The van der Waals surface area contributed by atoms with Crippen molar-refractivity contribution in [2.45, 2.75) is 0 Å². The molecule has 3 aromatic heterocycles. The number of hydrogen-bond donors (Lipinski definition) is 0. The van der Waals surface area contributed by atoms with Crippen LogP contribution in [0.1, 0.15) is 0 Å². The summed E-state index contributed by atoms with van der Waals surface area (Å²) >= 11 is 0. The van der Waals surface area contributed by atoms with Crippen LogP contribution in [0.25, 0.3) is 133 Å². The number of hydrogen-bond acceptors (Lipinski definition) is 0. The Kier molecular flexibility index (Phi) is 11.1. The van der Waals surface area contributed by atoms with E-state index in [0.29, 0.717) is 0 Å². The molecule has 0 N–H and O–H groups in total. The highest BCUT2D eigenvalue weighted by molar-refractivity contribution is 6.22. The molecule has 5 heteroatoms. The molecule has 14 rings (SSSR count). The Morgan fingerprint density at radius 1 is 0.260 bits per heavy atom. The van der Waals surface area contributed by atoms with E-state index in [0.717, 1.165) is 39.7 Å². The maximum Gasteiger partial charge on any atom is 0.294 e. The van der Waals surface area contributed by atoms with E-state index in [2.05, 4.69) is 317 Å². The van der Waals surface area contributed by atoms with Crippen molar-refractivity contribution in [1.82, 2.24) is 9.13 Å². The van der Waals surface area contributed by atoms with Crippen LogP contribution in [0.15, 0.2) is 273 Å². The van der Waals surface area contributed by atoms with Gasteiger partial charge in [-0.2, -0.15) is 9.13 Å². The second-order valence-electron chi connectivity index (χ2n) is 20.2. The van der Waals surface area contributed by atoms with E-state index in [9.17, 15) is 0 Å². The molecule has 0 saturated heterocycles. The molecule has 0 spiro atoms. The lowest BCUT2D eigenvalue weighted by atomic mass is 9.83. The van der Waals surface area contributed by atoms with E-state index in [1.54, 1.807) is 0 Å². The summed E-state index contributed by atoms with van der Waals surface area (Å²) in [4.78, 5) is 0. The third kappa shape index (κ3) is 7.82. The van der Waals surface area contributed by atoms with Gasteiger partial charge in [0.25, 0.3) is 11.6 Å². The Bertz CT molecular complexity index is 4520. The molecule has 77 heavy (non-hydrogen) atoms. The van der Waals surface area contributed by atoms with Crippen molar-refractivity contribution in [3.05, 3.63) is 273 Å². The summed E-state index contributed by atoms with van der Waals surface area (Å²) in [7, 11) is 6.40. The Balaban J connectivity index is 0.934. The van der Waals surface area contributed by atoms with Crippen molar-refractivity contribution < 1.29 is 13.7 Å². The maximum atomic E-state index is 2.43. The SMILES string of the molecule is C[n+]1ccc(-c2ccc(-c3c4ccc(-c5ccc(-c6n(-c7ccccc7)c7ccccc7[n+]6C)cc5)cc4c(-c4ccccc4)c4ccc(-c5ccc(-c6n(-c7ccccc7)c7ccccc7[n+]6C)cc5)cc34)cc2)cc1. The molecule has 11 aromatic carbocycles. The predicted octanol–water partition coefficient (Wildman–Crippen LogP) is 16.0. The Morgan fingerprint density at radius 3 is 1.03 bits per heavy atom. The van der Waals surface area contributed by atoms with Gasteiger partial charge in [0, 0.05) is 12.1 Å². The Hall–Kier alpha value is -9.97. The van der Waals surface area contributed by atoms with Crippen LogP contribution in [0.4, 0.5) is 0 Å². The monoisotopic (exact) mass is 988 g/mol. The Morgan fingerprint density at radius 2 is 0.584 bits per heavy atom. The number of pyridine rings is 1. The molecule has 0 amide bonds. The standard InChI is InChI=1S/C72H54N5/c1-73-45-43-52(44-46-73)49-27-33-54(34-28-49)70-62-42-40-57(50-29-35-55(36-30-50)71-74(2)65-23-13-15-25-67(65)76(71)59-19-9-5-10-20-59)47-63(62)69(53-17-7-4-8-18-53)61-41-39-58(48-64(61)70)51-31-37-56(38-32-51)72-75(3)66-24-14-16-26-68(66)77(72)60-21-11-6-12-22-60/h4-48H,1-3H3/q+3. The number of benzene rings is 11. The van der Waals surface area contributed by atoms with Crippen LogP contribution < -0.4 is 13.7 Å². The highest BCUT2D eigenvalue weighted by atomic mass is 15.2. The average Bonchev–Trinajstić information content (AvgIpc) is 4.03. The van der Waals surface area contributed by atoms with Gasteiger partial charge < -0.3 is 0 Å². The normalized spacial score (nSPS) is 11.6. The summed E-state index contributed by atoms with van der Waals surface area (Å²) in [5.74, 6) is 2.27. The molecule has 0 bridgehead atoms. The van der Waals surface area contributed by atoms with E-state index in [4.69, 9.17) is 0 Å². The molecule has 0 aliphatic heterocycles. The molecule has 364 valence electrons. The smallest absolute Gasteiger partial charge is 0.225 e. The minimum atomic E-state index is 1.13. The minimum Gasteiger partial charge on any atom is -0.225 e. The van der Waals surface area contributed by atoms with Crippen molar-refractivity contribution >= 4 is 43.6 Å². The fourth-order valence-electron chi connectivity index (χ4n) is 11.9. The number of imidazole rings is 2. The molecule has 0 saturated carbocycles. The summed E-state index contributed by atoms with van der Waals surface area (Å²) in [6, 6.07) is 95.6. The van der Waals surface area contributed by atoms with Crippen molar-refractivity contribution in [2.75, 3.05) is 0 Å². The van der Waals surface area contributed by atoms with E-state index >= 15 is 0 Å². The van der Waals surface area contributed by atoms with Crippen LogP contribution in [0, 0.1) is 0 Å². The zero-order valence-corrected chi connectivity index (χ0v) is 43.2. The molecule has 0 atom stereocenters. The second-order valence-corrected chi connectivity index (χ2v) is 20.2. The van der Waals surface area contributed by atoms with Gasteiger partial charge >= 0.3 is 0 Å².